The van der Waals surface area contributed by atoms with Gasteiger partial charge < -0.3 is 4.57 Å². The Morgan fingerprint density at radius 2 is 1.57 bits per heavy atom. The molecule has 4 aliphatic rings. The first-order valence-corrected chi connectivity index (χ1v) is 15.7. The van der Waals surface area contributed by atoms with Gasteiger partial charge >= 0.3 is 0 Å². The van der Waals surface area contributed by atoms with Crippen molar-refractivity contribution in [1.82, 2.24) is 4.57 Å². The number of allylic oxidation sites excluding steroid dienone is 16. The molecule has 1 nitrogen and oxygen atoms in total. The van der Waals surface area contributed by atoms with E-state index in [1.165, 1.54) is 46.3 Å². The molecule has 0 saturated heterocycles. The summed E-state index contributed by atoms with van der Waals surface area (Å²) in [7, 11) is 0. The maximum atomic E-state index is 4.12. The van der Waals surface area contributed by atoms with Crippen LogP contribution in [0.25, 0.3) is 27.9 Å². The highest BCUT2D eigenvalue weighted by molar-refractivity contribution is 5.92. The molecular weight excluding hydrogens is 530 g/mol. The third-order valence-corrected chi connectivity index (χ3v) is 9.74. The van der Waals surface area contributed by atoms with Crippen molar-refractivity contribution in [1.29, 1.82) is 0 Å². The van der Waals surface area contributed by atoms with Crippen LogP contribution >= 0.6 is 0 Å². The smallest absolute Gasteiger partial charge is 0.0540 e. The summed E-state index contributed by atoms with van der Waals surface area (Å²) in [5.74, 6) is 1.19. The second-order valence-electron chi connectivity index (χ2n) is 12.7. The standard InChI is InChI=1S/C37H33N.C6H10/c1-4-26(2)27(3)16-17-28-11-10-19-36(24-31(36)21-28)37-20-18-33(23-32(37)25-37)38-34-15-9-8-14-30(34)22-35(38)29-12-6-5-7-13-29;1-4-5-6(2)3/h4-10,12-23,31-32H,1-3,11,24-25H2;4-5H,2H2,1,3H3/b17-16+;5-4-. The highest BCUT2D eigenvalue weighted by Crippen LogP contribution is 2.79. The van der Waals surface area contributed by atoms with E-state index < -0.39 is 0 Å². The summed E-state index contributed by atoms with van der Waals surface area (Å²) in [6.45, 7) is 19.5. The van der Waals surface area contributed by atoms with Gasteiger partial charge in [-0.3, -0.25) is 0 Å². The van der Waals surface area contributed by atoms with Crippen LogP contribution in [-0.2, 0) is 0 Å². The Bertz CT molecular complexity index is 1830. The molecule has 1 aromatic heterocycles. The van der Waals surface area contributed by atoms with Crippen molar-refractivity contribution in [3.8, 4) is 11.3 Å². The fourth-order valence-corrected chi connectivity index (χ4v) is 7.27. The number of hydrogen-bond donors (Lipinski definition) is 0. The molecule has 44 heavy (non-hydrogen) atoms. The summed E-state index contributed by atoms with van der Waals surface area (Å²) in [6, 6.07) is 21.8. The number of benzene rings is 2. The molecule has 1 heterocycles. The first kappa shape index (κ1) is 29.5. The van der Waals surface area contributed by atoms with Gasteiger partial charge in [0.1, 0.15) is 0 Å². The third kappa shape index (κ3) is 5.33. The van der Waals surface area contributed by atoms with E-state index in [9.17, 15) is 0 Å². The first-order valence-electron chi connectivity index (χ1n) is 15.7. The molecule has 2 fully saturated rings. The molecule has 4 aliphatic carbocycles. The van der Waals surface area contributed by atoms with Gasteiger partial charge in [0.05, 0.1) is 11.2 Å². The molecule has 0 N–H and O–H groups in total. The molecule has 4 atom stereocenters. The minimum absolute atomic E-state index is 0.254. The van der Waals surface area contributed by atoms with E-state index in [2.05, 4.69) is 140 Å². The van der Waals surface area contributed by atoms with E-state index in [0.717, 1.165) is 23.1 Å². The van der Waals surface area contributed by atoms with E-state index in [0.29, 0.717) is 11.8 Å². The lowest BCUT2D eigenvalue weighted by Crippen LogP contribution is -2.19. The van der Waals surface area contributed by atoms with Gasteiger partial charge in [-0.25, -0.2) is 0 Å². The van der Waals surface area contributed by atoms with Crippen LogP contribution < -0.4 is 0 Å². The molecule has 2 aromatic carbocycles. The average Bonchev–Trinajstić information content (AvgIpc) is 3.91. The van der Waals surface area contributed by atoms with E-state index in [1.807, 2.05) is 26.0 Å². The van der Waals surface area contributed by atoms with Gasteiger partial charge in [-0.15, -0.1) is 0 Å². The maximum absolute atomic E-state index is 4.12. The van der Waals surface area contributed by atoms with Crippen molar-refractivity contribution in [2.24, 2.45) is 22.7 Å². The van der Waals surface area contributed by atoms with Crippen molar-refractivity contribution in [2.45, 2.75) is 33.1 Å². The fraction of sp³-hybridized carbons (Fsp3) is 0.209. The molecule has 2 saturated carbocycles. The maximum Gasteiger partial charge on any atom is 0.0540 e. The first-order chi connectivity index (χ1) is 21.3. The summed E-state index contributed by atoms with van der Waals surface area (Å²) >= 11 is 0. The van der Waals surface area contributed by atoms with E-state index in [4.69, 9.17) is 0 Å². The number of aromatic nitrogens is 1. The zero-order valence-electron chi connectivity index (χ0n) is 26.2. The van der Waals surface area contributed by atoms with Gasteiger partial charge in [0.2, 0.25) is 0 Å². The molecule has 220 valence electrons. The highest BCUT2D eigenvalue weighted by atomic mass is 15.0. The number of hydrogen-bond acceptors (Lipinski definition) is 0. The zero-order valence-corrected chi connectivity index (χ0v) is 26.2. The molecule has 4 unspecified atom stereocenters. The Morgan fingerprint density at radius 3 is 2.25 bits per heavy atom. The number of fused-ring (bicyclic) bond motifs is 4. The van der Waals surface area contributed by atoms with Crippen LogP contribution in [0.15, 0.2) is 176 Å². The molecule has 3 aromatic rings. The van der Waals surface area contributed by atoms with Crippen molar-refractivity contribution in [2.75, 3.05) is 0 Å². The van der Waals surface area contributed by atoms with E-state index in [-0.39, 0.29) is 10.8 Å². The second-order valence-corrected chi connectivity index (χ2v) is 12.7. The number of para-hydroxylation sites is 1. The van der Waals surface area contributed by atoms with Crippen LogP contribution in [-0.4, -0.2) is 4.57 Å². The topological polar surface area (TPSA) is 4.93 Å². The molecule has 0 spiro atoms. The zero-order chi connectivity index (χ0) is 30.9. The van der Waals surface area contributed by atoms with Crippen LogP contribution in [0.1, 0.15) is 33.1 Å². The van der Waals surface area contributed by atoms with Gasteiger partial charge in [0.25, 0.3) is 0 Å². The molecule has 0 bridgehead atoms. The van der Waals surface area contributed by atoms with Crippen molar-refractivity contribution < 1.29 is 0 Å². The quantitative estimate of drug-likeness (QED) is 0.187. The third-order valence-electron chi connectivity index (χ3n) is 9.74. The number of rotatable bonds is 8. The molecule has 0 radical (unpaired) electrons. The molecule has 0 aliphatic heterocycles. The van der Waals surface area contributed by atoms with Gasteiger partial charge in [-0.2, -0.15) is 0 Å². The van der Waals surface area contributed by atoms with Crippen LogP contribution in [0.4, 0.5) is 0 Å². The lowest BCUT2D eigenvalue weighted by atomic mass is 9.79. The van der Waals surface area contributed by atoms with Crippen LogP contribution in [0.5, 0.6) is 0 Å². The Morgan fingerprint density at radius 1 is 0.864 bits per heavy atom. The fourth-order valence-electron chi connectivity index (χ4n) is 7.27. The lowest BCUT2D eigenvalue weighted by molar-refractivity contribution is 0.393. The Kier molecular flexibility index (Phi) is 7.91. The Balaban J connectivity index is 0.000000523. The highest BCUT2D eigenvalue weighted by Gasteiger charge is 2.72. The average molecular weight is 574 g/mol. The summed E-state index contributed by atoms with van der Waals surface area (Å²) < 4.78 is 2.46. The predicted octanol–water partition coefficient (Wildman–Crippen LogP) is 11.6. The van der Waals surface area contributed by atoms with Gasteiger partial charge in [0.15, 0.2) is 0 Å². The van der Waals surface area contributed by atoms with Crippen LogP contribution in [0, 0.1) is 22.7 Å². The minimum atomic E-state index is 0.254. The monoisotopic (exact) mass is 573 g/mol. The van der Waals surface area contributed by atoms with E-state index in [1.54, 1.807) is 6.08 Å². The van der Waals surface area contributed by atoms with Gasteiger partial charge in [-0.1, -0.05) is 141 Å². The molecule has 1 heteroatoms. The predicted molar refractivity (Wildman–Crippen MR) is 191 cm³/mol. The van der Waals surface area contributed by atoms with Crippen molar-refractivity contribution >= 4 is 16.6 Å². The SMILES string of the molecule is C=C(C)/C=C\C.C=CC(=C)C(=C)/C=C/C1=CC2CC2(C23C=CC(n4c(-c5ccccc5)cc5ccccc54)=CC2C3)C=CC1. The minimum Gasteiger partial charge on any atom is -0.310 e. The van der Waals surface area contributed by atoms with Crippen molar-refractivity contribution in [3.05, 3.63) is 176 Å². The Labute approximate surface area is 263 Å². The summed E-state index contributed by atoms with van der Waals surface area (Å²) in [6.07, 6.45) is 28.5. The normalized spacial score (nSPS) is 26.1. The molecular formula is C43H43N. The van der Waals surface area contributed by atoms with Crippen LogP contribution in [0.3, 0.4) is 0 Å². The molecule has 0 amide bonds. The summed E-state index contributed by atoms with van der Waals surface area (Å²) in [5.41, 5.74) is 9.89. The Hall–Kier alpha value is -4.62. The van der Waals surface area contributed by atoms with Crippen molar-refractivity contribution in [3.63, 3.8) is 0 Å². The lowest BCUT2D eigenvalue weighted by Gasteiger charge is -2.26. The van der Waals surface area contributed by atoms with Crippen LogP contribution in [0.2, 0.25) is 0 Å². The largest absolute Gasteiger partial charge is 0.310 e. The van der Waals surface area contributed by atoms with Gasteiger partial charge in [0, 0.05) is 21.9 Å². The van der Waals surface area contributed by atoms with E-state index >= 15 is 0 Å². The second kappa shape index (κ2) is 11.8. The summed E-state index contributed by atoms with van der Waals surface area (Å²) in [5, 5.41) is 1.28. The summed E-state index contributed by atoms with van der Waals surface area (Å²) in [4.78, 5) is 0. The number of nitrogens with zero attached hydrogens (tertiary/aromatic N) is 1. The molecule has 7 rings (SSSR count). The van der Waals surface area contributed by atoms with Gasteiger partial charge in [-0.05, 0) is 85.4 Å².